The molecule has 106 valence electrons. The standard InChI is InChI=1S/C14H15ClN2OS2/c1-19(18)14-16-9-11-12(17-14)6-5-10(13(11)15)7-8-20(2,3)4/h5-6,9H,1-4H3. The first-order valence-corrected chi connectivity index (χ1v) is 10.6. The lowest BCUT2D eigenvalue weighted by molar-refractivity contribution is 0.680. The molecule has 1 atom stereocenters. The van der Waals surface area contributed by atoms with Crippen LogP contribution in [0.1, 0.15) is 5.56 Å². The van der Waals surface area contributed by atoms with Gasteiger partial charge < -0.3 is 0 Å². The molecule has 0 fully saturated rings. The summed E-state index contributed by atoms with van der Waals surface area (Å²) in [6.45, 7) is 0. The molecule has 0 spiro atoms. The van der Waals surface area contributed by atoms with E-state index >= 15 is 0 Å². The maximum Gasteiger partial charge on any atom is 0.218 e. The van der Waals surface area contributed by atoms with Gasteiger partial charge in [0.05, 0.1) is 21.3 Å². The van der Waals surface area contributed by atoms with Crippen LogP contribution in [0.15, 0.2) is 23.5 Å². The zero-order valence-electron chi connectivity index (χ0n) is 11.7. The number of halogens is 1. The first kappa shape index (κ1) is 15.3. The monoisotopic (exact) mass is 326 g/mol. The molecule has 3 nitrogen and oxygen atoms in total. The van der Waals surface area contributed by atoms with Crippen molar-refractivity contribution in [1.29, 1.82) is 0 Å². The van der Waals surface area contributed by atoms with E-state index in [0.717, 1.165) is 10.9 Å². The van der Waals surface area contributed by atoms with E-state index in [-0.39, 0.29) is 0 Å². The van der Waals surface area contributed by atoms with Crippen molar-refractivity contribution in [2.75, 3.05) is 25.0 Å². The van der Waals surface area contributed by atoms with Crippen molar-refractivity contribution in [3.05, 3.63) is 28.9 Å². The van der Waals surface area contributed by atoms with E-state index in [2.05, 4.69) is 39.9 Å². The van der Waals surface area contributed by atoms with Crippen molar-refractivity contribution >= 4 is 43.3 Å². The summed E-state index contributed by atoms with van der Waals surface area (Å²) in [6, 6.07) is 3.68. The largest absolute Gasteiger partial charge is 0.251 e. The smallest absolute Gasteiger partial charge is 0.218 e. The summed E-state index contributed by atoms with van der Waals surface area (Å²) in [5.41, 5.74) is 1.46. The first-order chi connectivity index (χ1) is 9.28. The van der Waals surface area contributed by atoms with E-state index in [9.17, 15) is 4.21 Å². The maximum absolute atomic E-state index is 11.4. The number of rotatable bonds is 1. The summed E-state index contributed by atoms with van der Waals surface area (Å²) in [5, 5.41) is 4.83. The zero-order chi connectivity index (χ0) is 14.9. The van der Waals surface area contributed by atoms with Gasteiger partial charge in [-0.3, -0.25) is 4.21 Å². The summed E-state index contributed by atoms with van der Waals surface area (Å²) in [6.07, 6.45) is 9.54. The number of benzene rings is 1. The molecule has 1 aromatic heterocycles. The Morgan fingerprint density at radius 2 is 2.00 bits per heavy atom. The van der Waals surface area contributed by atoms with Gasteiger partial charge in [-0.15, -0.1) is 0 Å². The molecule has 2 rings (SSSR count). The van der Waals surface area contributed by atoms with E-state index in [1.165, 1.54) is 0 Å². The van der Waals surface area contributed by atoms with Crippen molar-refractivity contribution in [1.82, 2.24) is 9.97 Å². The van der Waals surface area contributed by atoms with Gasteiger partial charge in [-0.05, 0) is 36.2 Å². The maximum atomic E-state index is 11.4. The van der Waals surface area contributed by atoms with Gasteiger partial charge in [0.1, 0.15) is 0 Å². The summed E-state index contributed by atoms with van der Waals surface area (Å²) in [7, 11) is -2.10. The normalized spacial score (nSPS) is 13.7. The van der Waals surface area contributed by atoms with E-state index < -0.39 is 20.8 Å². The summed E-state index contributed by atoms with van der Waals surface area (Å²) < 4.78 is 11.4. The van der Waals surface area contributed by atoms with Crippen LogP contribution in [0.5, 0.6) is 0 Å². The summed E-state index contributed by atoms with van der Waals surface area (Å²) in [5.74, 6) is 3.12. The van der Waals surface area contributed by atoms with Gasteiger partial charge in [0.25, 0.3) is 0 Å². The SMILES string of the molecule is CS(=O)c1ncc2c(Cl)c(C#CS(C)(C)C)ccc2n1. The molecule has 0 aliphatic rings. The topological polar surface area (TPSA) is 42.9 Å². The summed E-state index contributed by atoms with van der Waals surface area (Å²) >= 11 is 6.35. The molecule has 1 unspecified atom stereocenters. The number of fused-ring (bicyclic) bond motifs is 1. The lowest BCUT2D eigenvalue weighted by atomic mass is 10.1. The minimum Gasteiger partial charge on any atom is -0.251 e. The van der Waals surface area contributed by atoms with Gasteiger partial charge in [0, 0.05) is 23.4 Å². The number of nitrogens with zero attached hydrogens (tertiary/aromatic N) is 2. The fourth-order valence-corrected chi connectivity index (χ4v) is 2.60. The summed E-state index contributed by atoms with van der Waals surface area (Å²) in [4.78, 5) is 8.33. The van der Waals surface area contributed by atoms with E-state index in [1.807, 2.05) is 12.1 Å². The third-order valence-corrected chi connectivity index (χ3v) is 4.26. The third-order valence-electron chi connectivity index (χ3n) is 2.43. The zero-order valence-corrected chi connectivity index (χ0v) is 14.1. The highest BCUT2D eigenvalue weighted by molar-refractivity contribution is 8.35. The predicted octanol–water partition coefficient (Wildman–Crippen LogP) is 3.02. The van der Waals surface area contributed by atoms with Crippen molar-refractivity contribution < 1.29 is 4.21 Å². The fraction of sp³-hybridized carbons (Fsp3) is 0.286. The number of aromatic nitrogens is 2. The lowest BCUT2D eigenvalue weighted by Gasteiger charge is -2.15. The molecule has 1 heterocycles. The highest BCUT2D eigenvalue weighted by Crippen LogP contribution is 2.33. The molecule has 0 saturated carbocycles. The van der Waals surface area contributed by atoms with Crippen LogP contribution >= 0.6 is 21.6 Å². The molecule has 0 N–H and O–H groups in total. The van der Waals surface area contributed by atoms with Crippen LogP contribution in [-0.4, -0.2) is 39.2 Å². The van der Waals surface area contributed by atoms with Crippen molar-refractivity contribution in [2.24, 2.45) is 0 Å². The Bertz CT molecular complexity index is 757. The van der Waals surface area contributed by atoms with Crippen LogP contribution in [0.2, 0.25) is 5.02 Å². The van der Waals surface area contributed by atoms with Crippen LogP contribution in [-0.2, 0) is 10.8 Å². The fourth-order valence-electron chi connectivity index (χ4n) is 1.50. The Labute approximate surface area is 127 Å². The van der Waals surface area contributed by atoms with E-state index in [4.69, 9.17) is 11.6 Å². The molecule has 0 saturated heterocycles. The molecular formula is C14H15ClN2OS2. The number of hydrogen-bond donors (Lipinski definition) is 0. The predicted molar refractivity (Wildman–Crippen MR) is 89.1 cm³/mol. The molecule has 2 aromatic rings. The van der Waals surface area contributed by atoms with Crippen LogP contribution in [0.3, 0.4) is 0 Å². The Hall–Kier alpha value is -1.09. The van der Waals surface area contributed by atoms with Gasteiger partial charge in [0.2, 0.25) is 5.16 Å². The van der Waals surface area contributed by atoms with Gasteiger partial charge in [-0.1, -0.05) is 17.5 Å². The number of hydrogen-bond acceptors (Lipinski definition) is 3. The second-order valence-corrected chi connectivity index (χ2v) is 10.6. The minimum absolute atomic E-state index is 0.312. The average Bonchev–Trinajstić information content (AvgIpc) is 2.36. The molecule has 20 heavy (non-hydrogen) atoms. The third kappa shape index (κ3) is 3.51. The van der Waals surface area contributed by atoms with E-state index in [1.54, 1.807) is 12.5 Å². The average molecular weight is 327 g/mol. The van der Waals surface area contributed by atoms with Gasteiger partial charge in [-0.25, -0.2) is 9.97 Å². The Morgan fingerprint density at radius 3 is 2.60 bits per heavy atom. The lowest BCUT2D eigenvalue weighted by Crippen LogP contribution is -1.97. The Balaban J connectivity index is 2.57. The second kappa shape index (κ2) is 5.72. The van der Waals surface area contributed by atoms with Gasteiger partial charge in [0.15, 0.2) is 0 Å². The molecule has 6 heteroatoms. The van der Waals surface area contributed by atoms with Gasteiger partial charge >= 0.3 is 0 Å². The van der Waals surface area contributed by atoms with Gasteiger partial charge in [-0.2, -0.15) is 10.0 Å². The molecule has 0 bridgehead atoms. The van der Waals surface area contributed by atoms with Crippen LogP contribution < -0.4 is 0 Å². The highest BCUT2D eigenvalue weighted by atomic mass is 35.5. The van der Waals surface area contributed by atoms with Crippen LogP contribution in [0.25, 0.3) is 10.9 Å². The Kier molecular flexibility index (Phi) is 4.38. The molecule has 0 amide bonds. The quantitative estimate of drug-likeness (QED) is 0.597. The minimum atomic E-state index is -1.20. The highest BCUT2D eigenvalue weighted by Gasteiger charge is 2.09. The van der Waals surface area contributed by atoms with Crippen LogP contribution in [0.4, 0.5) is 0 Å². The molecular weight excluding hydrogens is 312 g/mol. The van der Waals surface area contributed by atoms with Crippen molar-refractivity contribution in [3.8, 4) is 11.2 Å². The second-order valence-electron chi connectivity index (χ2n) is 5.03. The van der Waals surface area contributed by atoms with Crippen LogP contribution in [0, 0.1) is 11.2 Å². The first-order valence-electron chi connectivity index (χ1n) is 5.78. The molecule has 0 aliphatic heterocycles. The Morgan fingerprint density at radius 1 is 1.30 bits per heavy atom. The van der Waals surface area contributed by atoms with Crippen molar-refractivity contribution in [3.63, 3.8) is 0 Å². The van der Waals surface area contributed by atoms with E-state index in [0.29, 0.717) is 15.7 Å². The van der Waals surface area contributed by atoms with Crippen molar-refractivity contribution in [2.45, 2.75) is 5.16 Å². The molecule has 0 aliphatic carbocycles. The molecule has 0 radical (unpaired) electrons. The molecule has 1 aromatic carbocycles.